The molecule has 0 radical (unpaired) electrons. The first-order chi connectivity index (χ1) is 8.20. The van der Waals surface area contributed by atoms with Crippen LogP contribution in [0.15, 0.2) is 30.6 Å². The lowest BCUT2D eigenvalue weighted by molar-refractivity contribution is 0.767. The van der Waals surface area contributed by atoms with E-state index in [1.807, 2.05) is 44.6 Å². The minimum absolute atomic E-state index is 0.674. The second kappa shape index (κ2) is 4.71. The fourth-order valence-corrected chi connectivity index (χ4v) is 1.75. The van der Waals surface area contributed by atoms with Crippen molar-refractivity contribution in [1.29, 1.82) is 5.26 Å². The number of hydrogen-bond acceptors (Lipinski definition) is 3. The SMILES string of the molecule is Cc1cccc(C#N)c1NCc1cnn(C)c1. The Morgan fingerprint density at radius 3 is 2.94 bits per heavy atom. The normalized spacial score (nSPS) is 9.94. The number of anilines is 1. The number of para-hydroxylation sites is 1. The highest BCUT2D eigenvalue weighted by Gasteiger charge is 2.04. The van der Waals surface area contributed by atoms with E-state index in [9.17, 15) is 0 Å². The van der Waals surface area contributed by atoms with Gasteiger partial charge in [0.05, 0.1) is 17.4 Å². The predicted molar refractivity (Wildman–Crippen MR) is 66.4 cm³/mol. The Morgan fingerprint density at radius 2 is 2.29 bits per heavy atom. The molecule has 0 fully saturated rings. The van der Waals surface area contributed by atoms with E-state index in [4.69, 9.17) is 5.26 Å². The summed E-state index contributed by atoms with van der Waals surface area (Å²) in [7, 11) is 1.89. The van der Waals surface area contributed by atoms with Crippen LogP contribution >= 0.6 is 0 Å². The fraction of sp³-hybridized carbons (Fsp3) is 0.231. The number of aryl methyl sites for hydroxylation is 2. The molecule has 0 spiro atoms. The van der Waals surface area contributed by atoms with Crippen molar-refractivity contribution in [2.45, 2.75) is 13.5 Å². The van der Waals surface area contributed by atoms with Gasteiger partial charge >= 0.3 is 0 Å². The number of nitrogens with zero attached hydrogens (tertiary/aromatic N) is 3. The zero-order chi connectivity index (χ0) is 12.3. The average molecular weight is 226 g/mol. The lowest BCUT2D eigenvalue weighted by Crippen LogP contribution is -2.02. The van der Waals surface area contributed by atoms with Crippen LogP contribution in [0, 0.1) is 18.3 Å². The first-order valence-corrected chi connectivity index (χ1v) is 5.42. The standard InChI is InChI=1S/C13H14N4/c1-10-4-3-5-12(6-14)13(10)15-7-11-8-16-17(2)9-11/h3-5,8-9,15H,7H2,1-2H3. The molecule has 4 heteroatoms. The van der Waals surface area contributed by atoms with E-state index in [1.165, 1.54) is 0 Å². The maximum absolute atomic E-state index is 9.04. The summed E-state index contributed by atoms with van der Waals surface area (Å²) in [6, 6.07) is 7.90. The topological polar surface area (TPSA) is 53.6 Å². The molecule has 4 nitrogen and oxygen atoms in total. The van der Waals surface area contributed by atoms with Crippen LogP contribution in [0.2, 0.25) is 0 Å². The second-order valence-corrected chi connectivity index (χ2v) is 3.99. The van der Waals surface area contributed by atoms with E-state index in [2.05, 4.69) is 16.5 Å². The quantitative estimate of drug-likeness (QED) is 0.873. The van der Waals surface area contributed by atoms with E-state index in [-0.39, 0.29) is 0 Å². The molecule has 1 aromatic heterocycles. The summed E-state index contributed by atoms with van der Waals surface area (Å²) in [5.41, 5.74) is 3.75. The molecular formula is C13H14N4. The lowest BCUT2D eigenvalue weighted by atomic mass is 10.1. The number of nitrogens with one attached hydrogen (secondary N) is 1. The second-order valence-electron chi connectivity index (χ2n) is 3.99. The minimum atomic E-state index is 0.674. The average Bonchev–Trinajstić information content (AvgIpc) is 2.73. The third-order valence-corrected chi connectivity index (χ3v) is 2.62. The smallest absolute Gasteiger partial charge is 0.101 e. The van der Waals surface area contributed by atoms with Gasteiger partial charge in [0, 0.05) is 25.4 Å². The van der Waals surface area contributed by atoms with Gasteiger partial charge in [-0.05, 0) is 18.6 Å². The summed E-state index contributed by atoms with van der Waals surface area (Å²) in [6.07, 6.45) is 3.77. The fourth-order valence-electron chi connectivity index (χ4n) is 1.75. The van der Waals surface area contributed by atoms with Gasteiger partial charge in [0.2, 0.25) is 0 Å². The molecule has 0 saturated carbocycles. The van der Waals surface area contributed by atoms with Gasteiger partial charge in [-0.25, -0.2) is 0 Å². The van der Waals surface area contributed by atoms with Gasteiger partial charge in [0.15, 0.2) is 0 Å². The molecule has 0 saturated heterocycles. The van der Waals surface area contributed by atoms with E-state index >= 15 is 0 Å². The molecular weight excluding hydrogens is 212 g/mol. The molecule has 2 rings (SSSR count). The molecule has 1 N–H and O–H groups in total. The van der Waals surface area contributed by atoms with Crippen LogP contribution in [-0.4, -0.2) is 9.78 Å². The van der Waals surface area contributed by atoms with Crippen LogP contribution in [0.4, 0.5) is 5.69 Å². The van der Waals surface area contributed by atoms with Crippen molar-refractivity contribution in [3.05, 3.63) is 47.3 Å². The van der Waals surface area contributed by atoms with E-state index in [1.54, 1.807) is 4.68 Å². The predicted octanol–water partition coefficient (Wildman–Crippen LogP) is 2.21. The monoisotopic (exact) mass is 226 g/mol. The van der Waals surface area contributed by atoms with Gasteiger partial charge in [0.1, 0.15) is 6.07 Å². The van der Waals surface area contributed by atoms with Crippen molar-refractivity contribution >= 4 is 5.69 Å². The van der Waals surface area contributed by atoms with Crippen molar-refractivity contribution in [1.82, 2.24) is 9.78 Å². The van der Waals surface area contributed by atoms with Crippen LogP contribution in [0.1, 0.15) is 16.7 Å². The molecule has 2 aromatic rings. The zero-order valence-corrected chi connectivity index (χ0v) is 9.94. The van der Waals surface area contributed by atoms with Gasteiger partial charge in [-0.15, -0.1) is 0 Å². The van der Waals surface area contributed by atoms with Gasteiger partial charge in [-0.1, -0.05) is 12.1 Å². The van der Waals surface area contributed by atoms with Gasteiger partial charge in [-0.2, -0.15) is 10.4 Å². The van der Waals surface area contributed by atoms with Gasteiger partial charge in [-0.3, -0.25) is 4.68 Å². The Hall–Kier alpha value is -2.28. The van der Waals surface area contributed by atoms with Crippen LogP contribution in [0.5, 0.6) is 0 Å². The summed E-state index contributed by atoms with van der Waals surface area (Å²) >= 11 is 0. The summed E-state index contributed by atoms with van der Waals surface area (Å²) in [4.78, 5) is 0. The molecule has 1 heterocycles. The maximum atomic E-state index is 9.04. The van der Waals surface area contributed by atoms with Crippen LogP contribution in [0.25, 0.3) is 0 Å². The molecule has 0 atom stereocenters. The van der Waals surface area contributed by atoms with Crippen LogP contribution in [-0.2, 0) is 13.6 Å². The Morgan fingerprint density at radius 1 is 1.47 bits per heavy atom. The van der Waals surface area contributed by atoms with Crippen molar-refractivity contribution in [2.75, 3.05) is 5.32 Å². The third-order valence-electron chi connectivity index (χ3n) is 2.62. The highest BCUT2D eigenvalue weighted by Crippen LogP contribution is 2.20. The molecule has 0 unspecified atom stereocenters. The Bertz CT molecular complexity index is 563. The Balaban J connectivity index is 2.17. The summed E-state index contributed by atoms with van der Waals surface area (Å²) in [5, 5.41) is 16.4. The highest BCUT2D eigenvalue weighted by atomic mass is 15.2. The summed E-state index contributed by atoms with van der Waals surface area (Å²) in [5.74, 6) is 0. The number of benzene rings is 1. The molecule has 86 valence electrons. The van der Waals surface area contributed by atoms with Gasteiger partial charge < -0.3 is 5.32 Å². The molecule has 0 aliphatic carbocycles. The highest BCUT2D eigenvalue weighted by molar-refractivity contribution is 5.62. The molecule has 0 aliphatic heterocycles. The summed E-state index contributed by atoms with van der Waals surface area (Å²) < 4.78 is 1.76. The molecule has 0 bridgehead atoms. The largest absolute Gasteiger partial charge is 0.380 e. The Labute approximate surface area is 100 Å². The van der Waals surface area contributed by atoms with E-state index in [0.717, 1.165) is 16.8 Å². The van der Waals surface area contributed by atoms with Crippen LogP contribution in [0.3, 0.4) is 0 Å². The van der Waals surface area contributed by atoms with Crippen molar-refractivity contribution in [3.8, 4) is 6.07 Å². The van der Waals surface area contributed by atoms with Crippen molar-refractivity contribution in [2.24, 2.45) is 7.05 Å². The number of nitriles is 1. The van der Waals surface area contributed by atoms with Crippen molar-refractivity contribution in [3.63, 3.8) is 0 Å². The van der Waals surface area contributed by atoms with E-state index < -0.39 is 0 Å². The lowest BCUT2D eigenvalue weighted by Gasteiger charge is -2.09. The number of aromatic nitrogens is 2. The van der Waals surface area contributed by atoms with Crippen molar-refractivity contribution < 1.29 is 0 Å². The molecule has 17 heavy (non-hydrogen) atoms. The number of hydrogen-bond donors (Lipinski definition) is 1. The zero-order valence-electron chi connectivity index (χ0n) is 9.94. The molecule has 0 aliphatic rings. The number of rotatable bonds is 3. The molecule has 0 amide bonds. The first kappa shape index (κ1) is 11.2. The maximum Gasteiger partial charge on any atom is 0.101 e. The first-order valence-electron chi connectivity index (χ1n) is 5.42. The summed E-state index contributed by atoms with van der Waals surface area (Å²) in [6.45, 7) is 2.67. The van der Waals surface area contributed by atoms with Crippen LogP contribution < -0.4 is 5.32 Å². The molecule has 1 aromatic carbocycles. The van der Waals surface area contributed by atoms with Gasteiger partial charge in [0.25, 0.3) is 0 Å². The minimum Gasteiger partial charge on any atom is -0.380 e. The Kier molecular flexibility index (Phi) is 3.10. The van der Waals surface area contributed by atoms with E-state index in [0.29, 0.717) is 12.1 Å². The third kappa shape index (κ3) is 2.45.